The molecule has 2 amide bonds. The van der Waals surface area contributed by atoms with Crippen LogP contribution in [0.15, 0.2) is 66.1 Å². The van der Waals surface area contributed by atoms with Crippen LogP contribution >= 0.6 is 11.8 Å². The number of carbonyl (C=O) groups excluding carboxylic acids is 2. The lowest BCUT2D eigenvalue weighted by Crippen LogP contribution is -2.20. The molecule has 2 aromatic carbocycles. The second-order valence-corrected chi connectivity index (χ2v) is 7.19. The van der Waals surface area contributed by atoms with E-state index in [1.165, 1.54) is 11.8 Å². The minimum Gasteiger partial charge on any atom is -0.359 e. The predicted octanol–water partition coefficient (Wildman–Crippen LogP) is 3.20. The van der Waals surface area contributed by atoms with E-state index in [2.05, 4.69) is 15.6 Å². The molecule has 0 atom stereocenters. The molecule has 2 N–H and O–H groups in total. The number of aromatic nitrogens is 2. The molecule has 0 fully saturated rings. The van der Waals surface area contributed by atoms with Gasteiger partial charge in [0.25, 0.3) is 0 Å². The fourth-order valence-electron chi connectivity index (χ4n) is 2.72. The van der Waals surface area contributed by atoms with Gasteiger partial charge in [-0.05, 0) is 36.2 Å². The highest BCUT2D eigenvalue weighted by atomic mass is 32.2. The third-order valence-corrected chi connectivity index (χ3v) is 5.16. The van der Waals surface area contributed by atoms with Gasteiger partial charge in [-0.25, -0.2) is 4.98 Å². The second kappa shape index (κ2) is 9.23. The molecule has 0 aliphatic heterocycles. The highest BCUT2D eigenvalue weighted by Gasteiger charge is 2.11. The summed E-state index contributed by atoms with van der Waals surface area (Å²) in [7, 11) is 1.61. The Morgan fingerprint density at radius 1 is 1.07 bits per heavy atom. The van der Waals surface area contributed by atoms with E-state index in [9.17, 15) is 9.59 Å². The zero-order valence-corrected chi connectivity index (χ0v) is 16.6. The number of hydrogen-bond acceptors (Lipinski definition) is 4. The molecule has 6 nitrogen and oxygen atoms in total. The molecule has 0 bridgehead atoms. The first kappa shape index (κ1) is 19.7. The van der Waals surface area contributed by atoms with Crippen molar-refractivity contribution in [3.8, 4) is 5.69 Å². The predicted molar refractivity (Wildman–Crippen MR) is 112 cm³/mol. The maximum atomic E-state index is 12.3. The number of nitrogens with one attached hydrogen (secondary N) is 2. The molecule has 3 rings (SSSR count). The first-order chi connectivity index (χ1) is 13.6. The van der Waals surface area contributed by atoms with Crippen molar-refractivity contribution in [2.45, 2.75) is 18.5 Å². The van der Waals surface area contributed by atoms with Gasteiger partial charge in [0.15, 0.2) is 5.16 Å². The smallest absolute Gasteiger partial charge is 0.234 e. The summed E-state index contributed by atoms with van der Waals surface area (Å²) in [6.45, 7) is 2.05. The summed E-state index contributed by atoms with van der Waals surface area (Å²) in [5, 5.41) is 6.23. The van der Waals surface area contributed by atoms with Gasteiger partial charge >= 0.3 is 0 Å². The summed E-state index contributed by atoms with van der Waals surface area (Å²) in [5.74, 6) is 0.101. The molecule has 0 aliphatic carbocycles. The molecular formula is C21H22N4O2S. The molecule has 1 heterocycles. The van der Waals surface area contributed by atoms with Crippen LogP contribution in [0.1, 0.15) is 11.1 Å². The van der Waals surface area contributed by atoms with Gasteiger partial charge in [0, 0.05) is 25.1 Å². The second-order valence-electron chi connectivity index (χ2n) is 6.25. The van der Waals surface area contributed by atoms with Crippen molar-refractivity contribution in [3.63, 3.8) is 0 Å². The van der Waals surface area contributed by atoms with Crippen LogP contribution in [0.4, 0.5) is 5.69 Å². The lowest BCUT2D eigenvalue weighted by molar-refractivity contribution is -0.120. The number of para-hydroxylation sites is 1. The maximum Gasteiger partial charge on any atom is 0.234 e. The van der Waals surface area contributed by atoms with E-state index < -0.39 is 0 Å². The number of benzene rings is 2. The number of carbonyl (C=O) groups is 2. The summed E-state index contributed by atoms with van der Waals surface area (Å²) >= 11 is 1.39. The van der Waals surface area contributed by atoms with Crippen LogP contribution in [0.2, 0.25) is 0 Å². The minimum atomic E-state index is -0.108. The van der Waals surface area contributed by atoms with E-state index in [0.29, 0.717) is 12.1 Å². The molecule has 0 saturated carbocycles. The Morgan fingerprint density at radius 3 is 2.54 bits per heavy atom. The molecule has 28 heavy (non-hydrogen) atoms. The Hall–Kier alpha value is -3.06. The summed E-state index contributed by atoms with van der Waals surface area (Å²) in [4.78, 5) is 28.1. The monoisotopic (exact) mass is 394 g/mol. The average Bonchev–Trinajstić information content (AvgIpc) is 3.16. The molecule has 0 saturated heterocycles. The number of amides is 2. The summed E-state index contributed by atoms with van der Waals surface area (Å²) in [5.41, 5.74) is 3.79. The van der Waals surface area contributed by atoms with E-state index in [-0.39, 0.29) is 17.6 Å². The van der Waals surface area contributed by atoms with Crippen LogP contribution in [0.25, 0.3) is 5.69 Å². The largest absolute Gasteiger partial charge is 0.359 e. The molecule has 0 aliphatic rings. The van der Waals surface area contributed by atoms with Crippen molar-refractivity contribution in [1.82, 2.24) is 14.9 Å². The van der Waals surface area contributed by atoms with E-state index in [1.54, 1.807) is 25.4 Å². The van der Waals surface area contributed by atoms with Crippen LogP contribution in [-0.2, 0) is 16.0 Å². The Labute approximate surface area is 168 Å². The van der Waals surface area contributed by atoms with Crippen molar-refractivity contribution in [2.75, 3.05) is 18.1 Å². The Morgan fingerprint density at radius 2 is 1.82 bits per heavy atom. The third kappa shape index (κ3) is 5.01. The van der Waals surface area contributed by atoms with Gasteiger partial charge in [0.05, 0.1) is 17.9 Å². The maximum absolute atomic E-state index is 12.3. The molecule has 7 heteroatoms. The number of imidazole rings is 1. The quantitative estimate of drug-likeness (QED) is 0.604. The van der Waals surface area contributed by atoms with Gasteiger partial charge < -0.3 is 10.6 Å². The fraction of sp³-hybridized carbons (Fsp3) is 0.190. The highest BCUT2D eigenvalue weighted by molar-refractivity contribution is 7.99. The van der Waals surface area contributed by atoms with E-state index in [0.717, 1.165) is 22.0 Å². The van der Waals surface area contributed by atoms with Gasteiger partial charge in [0.1, 0.15) is 0 Å². The van der Waals surface area contributed by atoms with Gasteiger partial charge in [-0.2, -0.15) is 0 Å². The SMILES string of the molecule is CNC(=O)Cc1ccc(NC(=O)CSc2nccn2-c2ccccc2C)cc1. The van der Waals surface area contributed by atoms with E-state index >= 15 is 0 Å². The normalized spacial score (nSPS) is 10.5. The van der Waals surface area contributed by atoms with E-state index in [1.807, 2.05) is 54.1 Å². The van der Waals surface area contributed by atoms with Crippen molar-refractivity contribution >= 4 is 29.3 Å². The Balaban J connectivity index is 1.58. The summed E-state index contributed by atoms with van der Waals surface area (Å²) in [6, 6.07) is 15.3. The van der Waals surface area contributed by atoms with Crippen LogP contribution in [0, 0.1) is 6.92 Å². The van der Waals surface area contributed by atoms with Crippen molar-refractivity contribution in [1.29, 1.82) is 0 Å². The Bertz CT molecular complexity index is 967. The molecule has 3 aromatic rings. The number of rotatable bonds is 7. The first-order valence-electron chi connectivity index (χ1n) is 8.88. The van der Waals surface area contributed by atoms with E-state index in [4.69, 9.17) is 0 Å². The number of thioether (sulfide) groups is 1. The van der Waals surface area contributed by atoms with Crippen LogP contribution in [-0.4, -0.2) is 34.2 Å². The zero-order valence-electron chi connectivity index (χ0n) is 15.8. The topological polar surface area (TPSA) is 76.0 Å². The molecule has 0 radical (unpaired) electrons. The molecule has 0 spiro atoms. The third-order valence-electron chi connectivity index (χ3n) is 4.20. The van der Waals surface area contributed by atoms with Crippen LogP contribution in [0.5, 0.6) is 0 Å². The van der Waals surface area contributed by atoms with Gasteiger partial charge in [-0.15, -0.1) is 0 Å². The number of anilines is 1. The standard InChI is InChI=1S/C21H22N4O2S/c1-15-5-3-4-6-18(15)25-12-11-23-21(25)28-14-20(27)24-17-9-7-16(8-10-17)13-19(26)22-2/h3-12H,13-14H2,1-2H3,(H,22,26)(H,24,27). The van der Waals surface area contributed by atoms with Gasteiger partial charge in [-0.1, -0.05) is 42.1 Å². The molecule has 0 unspecified atom stereocenters. The average molecular weight is 395 g/mol. The fourth-order valence-corrected chi connectivity index (χ4v) is 3.49. The number of nitrogens with zero attached hydrogens (tertiary/aromatic N) is 2. The van der Waals surface area contributed by atoms with Crippen molar-refractivity contribution in [3.05, 3.63) is 72.1 Å². The van der Waals surface area contributed by atoms with Gasteiger partial charge in [0.2, 0.25) is 11.8 Å². The highest BCUT2D eigenvalue weighted by Crippen LogP contribution is 2.22. The van der Waals surface area contributed by atoms with Crippen molar-refractivity contribution < 1.29 is 9.59 Å². The van der Waals surface area contributed by atoms with Crippen LogP contribution < -0.4 is 10.6 Å². The first-order valence-corrected chi connectivity index (χ1v) is 9.87. The summed E-state index contributed by atoms with van der Waals surface area (Å²) < 4.78 is 1.99. The number of hydrogen-bond donors (Lipinski definition) is 2. The zero-order chi connectivity index (χ0) is 19.9. The number of likely N-dealkylation sites (N-methyl/N-ethyl adjacent to an activating group) is 1. The number of aryl methyl sites for hydroxylation is 1. The van der Waals surface area contributed by atoms with Crippen molar-refractivity contribution in [2.24, 2.45) is 0 Å². The molecule has 144 valence electrons. The molecular weight excluding hydrogens is 372 g/mol. The van der Waals surface area contributed by atoms with Crippen LogP contribution in [0.3, 0.4) is 0 Å². The van der Waals surface area contributed by atoms with Gasteiger partial charge in [-0.3, -0.25) is 14.2 Å². The summed E-state index contributed by atoms with van der Waals surface area (Å²) in [6.07, 6.45) is 3.95. The lowest BCUT2D eigenvalue weighted by Gasteiger charge is -2.10. The minimum absolute atomic E-state index is 0.0441. The molecule has 1 aromatic heterocycles. The lowest BCUT2D eigenvalue weighted by atomic mass is 10.1. The Kier molecular flexibility index (Phi) is 6.49.